The lowest BCUT2D eigenvalue weighted by Crippen LogP contribution is -2.39. The van der Waals surface area contributed by atoms with Gasteiger partial charge in [-0.1, -0.05) is 0 Å². The average molecular weight is 234 g/mol. The van der Waals surface area contributed by atoms with Gasteiger partial charge in [0, 0.05) is 19.4 Å². The fraction of sp³-hybridized carbons (Fsp3) is 0.182. The number of hydrogen-bond acceptors (Lipinski definition) is 4. The Morgan fingerprint density at radius 1 is 1.24 bits per heavy atom. The van der Waals surface area contributed by atoms with E-state index in [1.165, 1.54) is 34.6 Å². The van der Waals surface area contributed by atoms with E-state index in [0.717, 1.165) is 0 Å². The van der Waals surface area contributed by atoms with Gasteiger partial charge in [0.15, 0.2) is 12.0 Å². The quantitative estimate of drug-likeness (QED) is 0.553. The summed E-state index contributed by atoms with van der Waals surface area (Å²) in [6, 6.07) is 3.10. The van der Waals surface area contributed by atoms with Crippen LogP contribution in [0.1, 0.15) is 16.3 Å². The van der Waals surface area contributed by atoms with Gasteiger partial charge in [-0.25, -0.2) is 0 Å². The molecular weight excluding hydrogens is 224 g/mol. The minimum absolute atomic E-state index is 0.128. The molecule has 0 radical (unpaired) electrons. The first-order chi connectivity index (χ1) is 8.11. The van der Waals surface area contributed by atoms with Crippen molar-refractivity contribution >= 4 is 6.29 Å². The summed E-state index contributed by atoms with van der Waals surface area (Å²) >= 11 is 0. The standard InChI is InChI=1S/C11H10N2O4/c1-12-4-5-13(11(16)10(12)15)6-8-2-3-9(7-14)17-8/h2-5,7H,6H2,1H3. The second-order valence-corrected chi connectivity index (χ2v) is 3.57. The Labute approximate surface area is 95.7 Å². The molecule has 0 aromatic carbocycles. The van der Waals surface area contributed by atoms with Crippen molar-refractivity contribution < 1.29 is 9.21 Å². The fourth-order valence-corrected chi connectivity index (χ4v) is 1.42. The van der Waals surface area contributed by atoms with Gasteiger partial charge < -0.3 is 13.6 Å². The number of rotatable bonds is 3. The Balaban J connectivity index is 2.37. The molecule has 0 saturated carbocycles. The molecule has 6 heteroatoms. The Morgan fingerprint density at radius 2 is 2.00 bits per heavy atom. The molecule has 0 fully saturated rings. The summed E-state index contributed by atoms with van der Waals surface area (Å²) in [7, 11) is 1.51. The molecule has 0 spiro atoms. The van der Waals surface area contributed by atoms with Crippen molar-refractivity contribution in [1.82, 2.24) is 9.13 Å². The molecule has 2 aromatic rings. The molecule has 2 aromatic heterocycles. The minimum atomic E-state index is -0.626. The maximum absolute atomic E-state index is 11.6. The first-order valence-electron chi connectivity index (χ1n) is 4.92. The van der Waals surface area contributed by atoms with E-state index in [1.54, 1.807) is 6.07 Å². The van der Waals surface area contributed by atoms with Gasteiger partial charge >= 0.3 is 11.1 Å². The Bertz CT molecular complexity index is 663. The second-order valence-electron chi connectivity index (χ2n) is 3.57. The average Bonchev–Trinajstić information content (AvgIpc) is 2.78. The first kappa shape index (κ1) is 11.1. The van der Waals surface area contributed by atoms with Crippen LogP contribution in [0.5, 0.6) is 0 Å². The van der Waals surface area contributed by atoms with Crippen LogP contribution in [0.3, 0.4) is 0 Å². The van der Waals surface area contributed by atoms with Gasteiger partial charge in [0.2, 0.25) is 0 Å². The van der Waals surface area contributed by atoms with Crippen LogP contribution in [-0.4, -0.2) is 15.4 Å². The highest BCUT2D eigenvalue weighted by atomic mass is 16.3. The highest BCUT2D eigenvalue weighted by Crippen LogP contribution is 2.06. The largest absolute Gasteiger partial charge is 0.456 e. The normalized spacial score (nSPS) is 10.4. The number of aromatic nitrogens is 2. The molecule has 0 saturated heterocycles. The van der Waals surface area contributed by atoms with E-state index in [4.69, 9.17) is 4.42 Å². The molecule has 2 rings (SSSR count). The van der Waals surface area contributed by atoms with Crippen LogP contribution in [0, 0.1) is 0 Å². The van der Waals surface area contributed by atoms with Crippen LogP contribution in [0.15, 0.2) is 38.5 Å². The van der Waals surface area contributed by atoms with Gasteiger partial charge in [-0.3, -0.25) is 14.4 Å². The number of carbonyl (C=O) groups is 1. The van der Waals surface area contributed by atoms with Gasteiger partial charge in [0.05, 0.1) is 6.54 Å². The monoisotopic (exact) mass is 234 g/mol. The first-order valence-corrected chi connectivity index (χ1v) is 4.92. The van der Waals surface area contributed by atoms with Gasteiger partial charge in [0.1, 0.15) is 5.76 Å². The van der Waals surface area contributed by atoms with Gasteiger partial charge in [-0.05, 0) is 12.1 Å². The molecule has 2 heterocycles. The molecular formula is C11H10N2O4. The zero-order valence-electron chi connectivity index (χ0n) is 9.12. The third-order valence-electron chi connectivity index (χ3n) is 2.36. The molecule has 0 unspecified atom stereocenters. The number of furan rings is 1. The summed E-state index contributed by atoms with van der Waals surface area (Å²) in [4.78, 5) is 33.4. The molecule has 0 aliphatic rings. The van der Waals surface area contributed by atoms with Crippen molar-refractivity contribution in [2.24, 2.45) is 7.05 Å². The maximum Gasteiger partial charge on any atom is 0.316 e. The predicted molar refractivity (Wildman–Crippen MR) is 59.1 cm³/mol. The van der Waals surface area contributed by atoms with Crippen molar-refractivity contribution in [3.8, 4) is 0 Å². The lowest BCUT2D eigenvalue weighted by molar-refractivity contribution is 0.109. The van der Waals surface area contributed by atoms with Gasteiger partial charge in [0.25, 0.3) is 0 Å². The lowest BCUT2D eigenvalue weighted by Gasteiger charge is -2.03. The van der Waals surface area contributed by atoms with E-state index in [-0.39, 0.29) is 12.3 Å². The summed E-state index contributed by atoms with van der Waals surface area (Å²) in [5, 5.41) is 0. The molecule has 17 heavy (non-hydrogen) atoms. The van der Waals surface area contributed by atoms with Gasteiger partial charge in [-0.2, -0.15) is 0 Å². The smallest absolute Gasteiger partial charge is 0.316 e. The molecule has 0 aliphatic carbocycles. The number of nitrogens with zero attached hydrogens (tertiary/aromatic N) is 2. The third-order valence-corrected chi connectivity index (χ3v) is 2.36. The SMILES string of the molecule is Cn1ccn(Cc2ccc(C=O)o2)c(=O)c1=O. The second kappa shape index (κ2) is 4.25. The van der Waals surface area contributed by atoms with E-state index < -0.39 is 11.1 Å². The number of carbonyl (C=O) groups excluding carboxylic acids is 1. The topological polar surface area (TPSA) is 74.2 Å². The van der Waals surface area contributed by atoms with Crippen LogP contribution in [-0.2, 0) is 13.6 Å². The van der Waals surface area contributed by atoms with Crippen molar-refractivity contribution in [2.75, 3.05) is 0 Å². The summed E-state index contributed by atoms with van der Waals surface area (Å²) in [5.74, 6) is 0.638. The minimum Gasteiger partial charge on any atom is -0.456 e. The van der Waals surface area contributed by atoms with Gasteiger partial charge in [-0.15, -0.1) is 0 Å². The lowest BCUT2D eigenvalue weighted by atomic mass is 10.4. The zero-order valence-corrected chi connectivity index (χ0v) is 9.12. The summed E-state index contributed by atoms with van der Waals surface area (Å²) in [6.07, 6.45) is 3.57. The van der Waals surface area contributed by atoms with Crippen molar-refractivity contribution in [2.45, 2.75) is 6.54 Å². The van der Waals surface area contributed by atoms with E-state index in [1.807, 2.05) is 0 Å². The predicted octanol–water partition coefficient (Wildman–Crippen LogP) is 0.000800. The summed E-state index contributed by atoms with van der Waals surface area (Å²) in [6.45, 7) is 0.128. The highest BCUT2D eigenvalue weighted by Gasteiger charge is 2.06. The van der Waals surface area contributed by atoms with Crippen LogP contribution in [0.4, 0.5) is 0 Å². The van der Waals surface area contributed by atoms with Crippen LogP contribution in [0.25, 0.3) is 0 Å². The number of aldehydes is 1. The van der Waals surface area contributed by atoms with E-state index in [9.17, 15) is 14.4 Å². The number of hydrogen-bond donors (Lipinski definition) is 0. The summed E-state index contributed by atoms with van der Waals surface area (Å²) < 4.78 is 7.56. The third kappa shape index (κ3) is 2.10. The Morgan fingerprint density at radius 3 is 2.65 bits per heavy atom. The zero-order chi connectivity index (χ0) is 12.4. The van der Waals surface area contributed by atoms with E-state index in [0.29, 0.717) is 12.0 Å². The molecule has 0 amide bonds. The fourth-order valence-electron chi connectivity index (χ4n) is 1.42. The number of aryl methyl sites for hydroxylation is 1. The summed E-state index contributed by atoms with van der Waals surface area (Å²) in [5.41, 5.74) is -1.23. The molecule has 88 valence electrons. The van der Waals surface area contributed by atoms with E-state index in [2.05, 4.69) is 0 Å². The molecule has 0 aliphatic heterocycles. The highest BCUT2D eigenvalue weighted by molar-refractivity contribution is 5.70. The maximum atomic E-state index is 11.6. The van der Waals surface area contributed by atoms with Crippen molar-refractivity contribution in [3.63, 3.8) is 0 Å². The van der Waals surface area contributed by atoms with Crippen LogP contribution in [0.2, 0.25) is 0 Å². The van der Waals surface area contributed by atoms with Crippen molar-refractivity contribution in [3.05, 3.63) is 56.8 Å². The Kier molecular flexibility index (Phi) is 2.78. The van der Waals surface area contributed by atoms with E-state index >= 15 is 0 Å². The Hall–Kier alpha value is -2.37. The van der Waals surface area contributed by atoms with Crippen molar-refractivity contribution in [1.29, 1.82) is 0 Å². The molecule has 0 N–H and O–H groups in total. The van der Waals surface area contributed by atoms with Crippen LogP contribution < -0.4 is 11.1 Å². The molecule has 0 bridgehead atoms. The van der Waals surface area contributed by atoms with Crippen LogP contribution >= 0.6 is 0 Å². The molecule has 6 nitrogen and oxygen atoms in total. The molecule has 0 atom stereocenters.